The molecule has 23 heavy (non-hydrogen) atoms. The average molecular weight is 300 g/mol. The predicted octanol–water partition coefficient (Wildman–Crippen LogP) is 4.14. The fourth-order valence-electron chi connectivity index (χ4n) is 3.13. The van der Waals surface area contributed by atoms with Crippen LogP contribution in [0.4, 0.5) is 17.1 Å². The van der Waals surface area contributed by atoms with Crippen LogP contribution in [0, 0.1) is 0 Å². The second-order valence-corrected chi connectivity index (χ2v) is 5.72. The zero-order valence-electron chi connectivity index (χ0n) is 13.0. The first-order valence-corrected chi connectivity index (χ1v) is 7.66. The number of nitrogens with zero attached hydrogens (tertiary/aromatic N) is 1. The van der Waals surface area contributed by atoms with E-state index in [1.54, 1.807) is 0 Å². The van der Waals surface area contributed by atoms with Crippen LogP contribution in [0.2, 0.25) is 0 Å². The van der Waals surface area contributed by atoms with E-state index in [1.807, 2.05) is 24.3 Å². The van der Waals surface area contributed by atoms with Gasteiger partial charge in [0.25, 0.3) is 0 Å². The van der Waals surface area contributed by atoms with E-state index >= 15 is 0 Å². The van der Waals surface area contributed by atoms with E-state index in [-0.39, 0.29) is 0 Å². The number of nitrogens with one attached hydrogen (secondary N) is 1. The first-order valence-electron chi connectivity index (χ1n) is 7.66. The van der Waals surface area contributed by atoms with Crippen LogP contribution in [0.25, 0.3) is 21.8 Å². The smallest absolute Gasteiger partial charge is 0.214 e. The number of pyridine rings is 1. The highest BCUT2D eigenvalue weighted by Gasteiger charge is 2.17. The molecule has 1 heterocycles. The van der Waals surface area contributed by atoms with Crippen LogP contribution in [-0.4, -0.2) is 0 Å². The molecule has 3 heteroatoms. The Kier molecular flexibility index (Phi) is 3.12. The number of rotatable bonds is 2. The molecule has 0 unspecified atom stereocenters. The number of benzene rings is 3. The molecule has 0 fully saturated rings. The van der Waals surface area contributed by atoms with Gasteiger partial charge < -0.3 is 11.1 Å². The molecule has 0 amide bonds. The quantitative estimate of drug-likeness (QED) is 0.332. The maximum absolute atomic E-state index is 5.92. The highest BCUT2D eigenvalue weighted by atomic mass is 15.0. The highest BCUT2D eigenvalue weighted by molar-refractivity contribution is 6.06. The van der Waals surface area contributed by atoms with E-state index in [1.165, 1.54) is 21.8 Å². The minimum absolute atomic E-state index is 0.755. The Morgan fingerprint density at radius 1 is 0.783 bits per heavy atom. The highest BCUT2D eigenvalue weighted by Crippen LogP contribution is 2.32. The Bertz CT molecular complexity index is 965. The molecule has 0 aliphatic heterocycles. The molecule has 4 aromatic rings. The summed E-state index contributed by atoms with van der Waals surface area (Å²) in [4.78, 5) is 0. The van der Waals surface area contributed by atoms with Gasteiger partial charge in [0.2, 0.25) is 11.0 Å². The number of aromatic nitrogens is 1. The van der Waals surface area contributed by atoms with E-state index in [4.69, 9.17) is 5.73 Å². The molecule has 3 aromatic carbocycles. The maximum atomic E-state index is 5.92. The molecule has 0 aliphatic rings. The molecule has 0 atom stereocenters. The summed E-state index contributed by atoms with van der Waals surface area (Å²) >= 11 is 0. The van der Waals surface area contributed by atoms with Crippen molar-refractivity contribution in [2.45, 2.75) is 0 Å². The van der Waals surface area contributed by atoms with E-state index < -0.39 is 0 Å². The number of aryl methyl sites for hydroxylation is 1. The number of fused-ring (bicyclic) bond motifs is 2. The van der Waals surface area contributed by atoms with Crippen LogP contribution in [0.5, 0.6) is 0 Å². The third kappa shape index (κ3) is 2.27. The molecule has 0 bridgehead atoms. The van der Waals surface area contributed by atoms with Crippen LogP contribution in [-0.2, 0) is 7.05 Å². The van der Waals surface area contributed by atoms with E-state index in [0.29, 0.717) is 0 Å². The third-order valence-electron chi connectivity index (χ3n) is 4.23. The lowest BCUT2D eigenvalue weighted by Crippen LogP contribution is -2.30. The second-order valence-electron chi connectivity index (χ2n) is 5.72. The van der Waals surface area contributed by atoms with E-state index in [9.17, 15) is 0 Å². The molecule has 3 nitrogen and oxygen atoms in total. The van der Waals surface area contributed by atoms with Gasteiger partial charge >= 0.3 is 0 Å². The standard InChI is InChI=1S/C20H17N3/c1-23-18-11-4-2-9-16(18)20(17-10-3-5-12-19(17)23)22-15-8-6-7-14(21)13-15/h2-13H,21H2,1H3/p+1. The van der Waals surface area contributed by atoms with Crippen molar-refractivity contribution in [1.82, 2.24) is 0 Å². The molecule has 0 radical (unpaired) electrons. The molecule has 1 aromatic heterocycles. The van der Waals surface area contributed by atoms with Crippen LogP contribution >= 0.6 is 0 Å². The van der Waals surface area contributed by atoms with Crippen molar-refractivity contribution in [3.63, 3.8) is 0 Å². The fourth-order valence-corrected chi connectivity index (χ4v) is 3.13. The van der Waals surface area contributed by atoms with Crippen molar-refractivity contribution in [3.05, 3.63) is 72.8 Å². The molecule has 4 rings (SSSR count). The van der Waals surface area contributed by atoms with Gasteiger partial charge in [0.05, 0.1) is 16.5 Å². The van der Waals surface area contributed by atoms with Crippen LogP contribution in [0.1, 0.15) is 0 Å². The minimum Gasteiger partial charge on any atom is -0.399 e. The van der Waals surface area contributed by atoms with Gasteiger partial charge in [0.15, 0.2) is 0 Å². The molecule has 3 N–H and O–H groups in total. The predicted molar refractivity (Wildman–Crippen MR) is 96.8 cm³/mol. The number of hydrogen-bond donors (Lipinski definition) is 2. The first-order chi connectivity index (χ1) is 11.2. The largest absolute Gasteiger partial charge is 0.399 e. The third-order valence-corrected chi connectivity index (χ3v) is 4.23. The Morgan fingerprint density at radius 3 is 2.00 bits per heavy atom. The van der Waals surface area contributed by atoms with Crippen molar-refractivity contribution in [2.24, 2.45) is 7.05 Å². The van der Waals surface area contributed by atoms with Gasteiger partial charge in [-0.1, -0.05) is 30.3 Å². The topological polar surface area (TPSA) is 41.9 Å². The van der Waals surface area contributed by atoms with Gasteiger partial charge in [-0.25, -0.2) is 0 Å². The Morgan fingerprint density at radius 2 is 1.39 bits per heavy atom. The minimum atomic E-state index is 0.755. The number of para-hydroxylation sites is 2. The van der Waals surface area contributed by atoms with Crippen molar-refractivity contribution < 1.29 is 4.57 Å². The van der Waals surface area contributed by atoms with Crippen molar-refractivity contribution in [1.29, 1.82) is 0 Å². The summed E-state index contributed by atoms with van der Waals surface area (Å²) in [6.45, 7) is 0. The lowest BCUT2D eigenvalue weighted by molar-refractivity contribution is -0.617. The zero-order chi connectivity index (χ0) is 15.8. The molecule has 0 saturated heterocycles. The van der Waals surface area contributed by atoms with Gasteiger partial charge in [0.1, 0.15) is 7.05 Å². The zero-order valence-corrected chi connectivity index (χ0v) is 13.0. The lowest BCUT2D eigenvalue weighted by Gasteiger charge is -2.12. The number of anilines is 3. The van der Waals surface area contributed by atoms with Crippen molar-refractivity contribution in [2.75, 3.05) is 11.1 Å². The molecular formula is C20H18N3+. The van der Waals surface area contributed by atoms with Crippen LogP contribution < -0.4 is 15.6 Å². The second kappa shape index (κ2) is 5.29. The van der Waals surface area contributed by atoms with Crippen molar-refractivity contribution >= 4 is 38.9 Å². The Labute approximate surface area is 135 Å². The first kappa shape index (κ1) is 13.6. The van der Waals surface area contributed by atoms with E-state index in [0.717, 1.165) is 17.1 Å². The number of hydrogen-bond acceptors (Lipinski definition) is 2. The maximum Gasteiger partial charge on any atom is 0.214 e. The number of nitrogen functional groups attached to an aromatic ring is 1. The van der Waals surface area contributed by atoms with Crippen LogP contribution in [0.3, 0.4) is 0 Å². The lowest BCUT2D eigenvalue weighted by atomic mass is 10.1. The fraction of sp³-hybridized carbons (Fsp3) is 0.0500. The van der Waals surface area contributed by atoms with Gasteiger partial charge in [-0.3, -0.25) is 0 Å². The van der Waals surface area contributed by atoms with Crippen molar-refractivity contribution in [3.8, 4) is 0 Å². The molecule has 112 valence electrons. The van der Waals surface area contributed by atoms with Gasteiger partial charge in [-0.15, -0.1) is 0 Å². The summed E-state index contributed by atoms with van der Waals surface area (Å²) in [5.41, 5.74) is 11.2. The molecular weight excluding hydrogens is 282 g/mol. The molecule has 0 aliphatic carbocycles. The van der Waals surface area contributed by atoms with Gasteiger partial charge in [0, 0.05) is 23.5 Å². The van der Waals surface area contributed by atoms with E-state index in [2.05, 4.69) is 65.5 Å². The molecule has 0 spiro atoms. The van der Waals surface area contributed by atoms with Gasteiger partial charge in [-0.05, 0) is 30.3 Å². The monoisotopic (exact) mass is 300 g/mol. The summed E-state index contributed by atoms with van der Waals surface area (Å²) in [7, 11) is 2.11. The normalized spacial score (nSPS) is 11.0. The molecule has 0 saturated carbocycles. The Balaban J connectivity index is 2.04. The SMILES string of the molecule is C[n+]1c2ccccc2c(Nc2cccc(N)c2)c2ccccc21. The summed E-state index contributed by atoms with van der Waals surface area (Å²) in [5, 5.41) is 5.95. The summed E-state index contributed by atoms with van der Waals surface area (Å²) < 4.78 is 2.23. The van der Waals surface area contributed by atoms with Gasteiger partial charge in [-0.2, -0.15) is 4.57 Å². The Hall–Kier alpha value is -3.07. The van der Waals surface area contributed by atoms with Crippen LogP contribution in [0.15, 0.2) is 72.8 Å². The summed E-state index contributed by atoms with van der Waals surface area (Å²) in [6, 6.07) is 24.7. The number of nitrogens with two attached hydrogens (primary N) is 1. The average Bonchev–Trinajstić information content (AvgIpc) is 2.59. The summed E-state index contributed by atoms with van der Waals surface area (Å²) in [5.74, 6) is 0. The summed E-state index contributed by atoms with van der Waals surface area (Å²) in [6.07, 6.45) is 0.